The molecule has 0 saturated carbocycles. The fraction of sp³-hybridized carbons (Fsp3) is 0.500. The topological polar surface area (TPSA) is 39.1 Å². The molecule has 38 valence electrons. The van der Waals surface area contributed by atoms with Crippen molar-refractivity contribution in [1.29, 1.82) is 0 Å². The molecule has 0 saturated heterocycles. The van der Waals surface area contributed by atoms with Gasteiger partial charge in [0, 0.05) is 6.54 Å². The molecule has 3 heteroatoms. The fourth-order valence-electron chi connectivity index (χ4n) is 0.451. The first-order valence-corrected chi connectivity index (χ1v) is 2.13. The third kappa shape index (κ3) is 0.408. The van der Waals surface area contributed by atoms with Gasteiger partial charge in [-0.25, -0.2) is 0 Å². The van der Waals surface area contributed by atoms with Crippen molar-refractivity contribution in [3.05, 3.63) is 20.7 Å². The molecule has 0 atom stereocenters. The van der Waals surface area contributed by atoms with Gasteiger partial charge in [-0.05, 0) is 6.92 Å². The molecule has 0 spiro atoms. The van der Waals surface area contributed by atoms with Gasteiger partial charge in [-0.1, -0.05) is 0 Å². The molecule has 0 unspecified atom stereocenters. The highest BCUT2D eigenvalue weighted by molar-refractivity contribution is 4.86. The van der Waals surface area contributed by atoms with Crippen LogP contribution < -0.4 is 11.1 Å². The molecule has 0 aliphatic rings. The van der Waals surface area contributed by atoms with Crippen LogP contribution in [0.2, 0.25) is 0 Å². The van der Waals surface area contributed by atoms with Crippen LogP contribution in [-0.2, 0) is 6.54 Å². The van der Waals surface area contributed by atoms with Gasteiger partial charge in [-0.15, -0.1) is 0 Å². The minimum atomic E-state index is -0.345. The van der Waals surface area contributed by atoms with E-state index in [-0.39, 0.29) is 11.1 Å². The van der Waals surface area contributed by atoms with Gasteiger partial charge in [-0.2, -0.15) is 0 Å². The summed E-state index contributed by atoms with van der Waals surface area (Å²) in [6.07, 6.45) is 0. The third-order valence-corrected chi connectivity index (χ3v) is 0.939. The van der Waals surface area contributed by atoms with Crippen molar-refractivity contribution >= 4 is 0 Å². The van der Waals surface area contributed by atoms with Crippen LogP contribution >= 0.6 is 0 Å². The number of hydrogen-bond acceptors (Lipinski definition) is 2. The Hall–Kier alpha value is -0.860. The average molecular weight is 99.1 g/mol. The summed E-state index contributed by atoms with van der Waals surface area (Å²) in [6, 6.07) is 0. The molecule has 0 radical (unpaired) electrons. The minimum Gasteiger partial charge on any atom is -0.266 e. The lowest BCUT2D eigenvalue weighted by Gasteiger charge is -1.70. The first-order valence-electron chi connectivity index (χ1n) is 2.13. The van der Waals surface area contributed by atoms with E-state index >= 15 is 0 Å². The van der Waals surface area contributed by atoms with Crippen molar-refractivity contribution in [2.24, 2.45) is 0 Å². The molecule has 1 aromatic heterocycles. The molecule has 0 N–H and O–H groups in total. The molecule has 0 aromatic carbocycles. The summed E-state index contributed by atoms with van der Waals surface area (Å²) in [7, 11) is 0. The van der Waals surface area contributed by atoms with Gasteiger partial charge in [0.1, 0.15) is 0 Å². The lowest BCUT2D eigenvalue weighted by molar-refractivity contribution is 0.818. The molecule has 3 nitrogen and oxygen atoms in total. The van der Waals surface area contributed by atoms with Crippen molar-refractivity contribution in [1.82, 2.24) is 4.57 Å². The highest BCUT2D eigenvalue weighted by Gasteiger charge is 2.11. The summed E-state index contributed by atoms with van der Waals surface area (Å²) in [5.41, 5.74) is -0.690. The van der Waals surface area contributed by atoms with Crippen LogP contribution in [0.15, 0.2) is 9.59 Å². The van der Waals surface area contributed by atoms with Gasteiger partial charge < -0.3 is 0 Å². The first-order chi connectivity index (χ1) is 3.27. The number of rotatable bonds is 1. The van der Waals surface area contributed by atoms with Crippen LogP contribution in [0.5, 0.6) is 0 Å². The van der Waals surface area contributed by atoms with E-state index < -0.39 is 0 Å². The van der Waals surface area contributed by atoms with E-state index in [0.29, 0.717) is 6.54 Å². The SMILES string of the molecule is CCn1c(=O)c1=O. The van der Waals surface area contributed by atoms with Gasteiger partial charge in [0.05, 0.1) is 0 Å². The molecule has 0 fully saturated rings. The van der Waals surface area contributed by atoms with Crippen LogP contribution in [0.4, 0.5) is 0 Å². The molecular formula is C4H5NO2. The molecule has 0 aliphatic carbocycles. The molecule has 7 heavy (non-hydrogen) atoms. The Kier molecular flexibility index (Phi) is 0.648. The van der Waals surface area contributed by atoms with Crippen LogP contribution in [0, 0.1) is 0 Å². The summed E-state index contributed by atoms with van der Waals surface area (Å²) in [5.74, 6) is 0. The second-order valence-corrected chi connectivity index (χ2v) is 1.35. The van der Waals surface area contributed by atoms with Crippen molar-refractivity contribution in [2.75, 3.05) is 0 Å². The maximum atomic E-state index is 10.0. The van der Waals surface area contributed by atoms with Crippen LogP contribution in [0.3, 0.4) is 0 Å². The molecular weight excluding hydrogens is 94.0 g/mol. The van der Waals surface area contributed by atoms with Gasteiger partial charge in [0.2, 0.25) is 0 Å². The van der Waals surface area contributed by atoms with Crippen LogP contribution in [0.1, 0.15) is 6.92 Å². The Morgan fingerprint density at radius 3 is 1.86 bits per heavy atom. The van der Waals surface area contributed by atoms with E-state index in [1.807, 2.05) is 0 Å². The van der Waals surface area contributed by atoms with Crippen molar-refractivity contribution < 1.29 is 0 Å². The Balaban J connectivity index is 3.03. The molecule has 0 aliphatic heterocycles. The Bertz CT molecular complexity index is 203. The summed E-state index contributed by atoms with van der Waals surface area (Å²) < 4.78 is 1.18. The molecule has 0 amide bonds. The maximum Gasteiger partial charge on any atom is 0.319 e. The lowest BCUT2D eigenvalue weighted by atomic mass is 10.8. The molecule has 1 heterocycles. The van der Waals surface area contributed by atoms with E-state index in [2.05, 4.69) is 0 Å². The highest BCUT2D eigenvalue weighted by Crippen LogP contribution is 1.65. The predicted octanol–water partition coefficient (Wildman–Crippen LogP) is -0.896. The summed E-state index contributed by atoms with van der Waals surface area (Å²) in [6.45, 7) is 2.29. The summed E-state index contributed by atoms with van der Waals surface area (Å²) in [4.78, 5) is 20.1. The fourth-order valence-corrected chi connectivity index (χ4v) is 0.451. The number of hydrogen-bond donors (Lipinski definition) is 0. The Labute approximate surface area is 39.9 Å². The second kappa shape index (κ2) is 1.05. The van der Waals surface area contributed by atoms with Crippen LogP contribution in [0.25, 0.3) is 0 Å². The first kappa shape index (κ1) is 4.30. The van der Waals surface area contributed by atoms with Gasteiger partial charge >= 0.3 is 11.1 Å². The Morgan fingerprint density at radius 1 is 1.43 bits per heavy atom. The van der Waals surface area contributed by atoms with Crippen molar-refractivity contribution in [3.8, 4) is 0 Å². The van der Waals surface area contributed by atoms with Crippen LogP contribution in [-0.4, -0.2) is 4.57 Å². The van der Waals surface area contributed by atoms with E-state index in [1.54, 1.807) is 6.92 Å². The second-order valence-electron chi connectivity index (χ2n) is 1.35. The maximum absolute atomic E-state index is 10.0. The average Bonchev–Trinajstić information content (AvgIpc) is 2.17. The molecule has 0 bridgehead atoms. The standard InChI is InChI=1S/C4H5NO2/c1-2-5-3(6)4(5)7/h2H2,1H3. The minimum absolute atomic E-state index is 0.345. The zero-order valence-electron chi connectivity index (χ0n) is 3.97. The highest BCUT2D eigenvalue weighted by atomic mass is 16.2. The smallest absolute Gasteiger partial charge is 0.266 e. The monoisotopic (exact) mass is 99.0 g/mol. The van der Waals surface area contributed by atoms with E-state index in [4.69, 9.17) is 0 Å². The summed E-state index contributed by atoms with van der Waals surface area (Å²) in [5, 5.41) is 0. The lowest BCUT2D eigenvalue weighted by Crippen LogP contribution is -1.88. The van der Waals surface area contributed by atoms with E-state index in [1.165, 1.54) is 4.57 Å². The number of aromatic nitrogens is 1. The largest absolute Gasteiger partial charge is 0.319 e. The van der Waals surface area contributed by atoms with Gasteiger partial charge in [0.15, 0.2) is 0 Å². The van der Waals surface area contributed by atoms with E-state index in [0.717, 1.165) is 0 Å². The van der Waals surface area contributed by atoms with Gasteiger partial charge in [-0.3, -0.25) is 14.2 Å². The zero-order valence-corrected chi connectivity index (χ0v) is 3.97. The molecule has 1 rings (SSSR count). The Morgan fingerprint density at radius 2 is 1.86 bits per heavy atom. The predicted molar refractivity (Wildman–Crippen MR) is 25.0 cm³/mol. The van der Waals surface area contributed by atoms with E-state index in [9.17, 15) is 9.59 Å². The quantitative estimate of drug-likeness (QED) is 0.428. The normalized spacial score (nSPS) is 10.4. The summed E-state index contributed by atoms with van der Waals surface area (Å²) >= 11 is 0. The van der Waals surface area contributed by atoms with Gasteiger partial charge in [0.25, 0.3) is 0 Å². The number of nitrogens with zero attached hydrogens (tertiary/aromatic N) is 1. The van der Waals surface area contributed by atoms with Crippen molar-refractivity contribution in [2.45, 2.75) is 13.5 Å². The zero-order chi connectivity index (χ0) is 5.44. The van der Waals surface area contributed by atoms with Crippen molar-refractivity contribution in [3.63, 3.8) is 0 Å². The third-order valence-electron chi connectivity index (χ3n) is 0.939. The molecule has 1 aromatic rings.